The highest BCUT2D eigenvalue weighted by Gasteiger charge is 2.47. The van der Waals surface area contributed by atoms with Crippen LogP contribution in [-0.4, -0.2) is 16.8 Å². The maximum Gasteiger partial charge on any atom is 0.261 e. The number of ketones is 1. The van der Waals surface area contributed by atoms with Gasteiger partial charge in [0.25, 0.3) is 5.91 Å². The van der Waals surface area contributed by atoms with Crippen LogP contribution in [0.4, 0.5) is 10.1 Å². The van der Waals surface area contributed by atoms with E-state index in [9.17, 15) is 19.1 Å². The van der Waals surface area contributed by atoms with Gasteiger partial charge in [-0.25, -0.2) is 4.39 Å². The fourth-order valence-electron chi connectivity index (χ4n) is 2.51. The lowest BCUT2D eigenvalue weighted by Crippen LogP contribution is -2.36. The molecule has 2 N–H and O–H groups in total. The molecule has 0 fully saturated rings. The van der Waals surface area contributed by atoms with Crippen molar-refractivity contribution < 1.29 is 19.1 Å². The number of carbonyl (C=O) groups excluding carboxylic acids is 2. The molecule has 3 rings (SSSR count). The molecule has 0 spiro atoms. The molecule has 0 saturated heterocycles. The van der Waals surface area contributed by atoms with Crippen molar-refractivity contribution >= 4 is 29.0 Å². The average molecular weight is 320 g/mol. The average Bonchev–Trinajstić information content (AvgIpc) is 2.71. The van der Waals surface area contributed by atoms with Crippen LogP contribution in [0.2, 0.25) is 5.02 Å². The predicted octanol–water partition coefficient (Wildman–Crippen LogP) is 2.89. The number of nitrogens with one attached hydrogen (secondary N) is 1. The molecule has 0 bridgehead atoms. The molecule has 0 unspecified atom stereocenters. The number of hydrogen-bond acceptors (Lipinski definition) is 3. The van der Waals surface area contributed by atoms with Crippen molar-refractivity contribution in [3.63, 3.8) is 0 Å². The molecule has 6 heteroatoms. The molecule has 0 aromatic heterocycles. The Morgan fingerprint density at radius 1 is 1.27 bits per heavy atom. The van der Waals surface area contributed by atoms with E-state index >= 15 is 0 Å². The summed E-state index contributed by atoms with van der Waals surface area (Å²) in [6, 6.07) is 9.96. The number of hydrogen-bond donors (Lipinski definition) is 2. The van der Waals surface area contributed by atoms with Gasteiger partial charge in [0.15, 0.2) is 11.4 Å². The summed E-state index contributed by atoms with van der Waals surface area (Å²) in [5, 5.41) is 13.5. The smallest absolute Gasteiger partial charge is 0.261 e. The van der Waals surface area contributed by atoms with Crippen LogP contribution in [-0.2, 0) is 10.4 Å². The second-order valence-corrected chi connectivity index (χ2v) is 5.52. The molecule has 2 aromatic carbocycles. The van der Waals surface area contributed by atoms with E-state index in [1.165, 1.54) is 24.3 Å². The number of fused-ring (bicyclic) bond motifs is 1. The number of halogens is 2. The molecule has 0 radical (unpaired) electrons. The van der Waals surface area contributed by atoms with E-state index < -0.39 is 29.5 Å². The normalized spacial score (nSPS) is 19.7. The molecule has 1 aliphatic heterocycles. The van der Waals surface area contributed by atoms with E-state index in [2.05, 4.69) is 5.32 Å². The van der Waals surface area contributed by atoms with Gasteiger partial charge in [0.1, 0.15) is 5.82 Å². The van der Waals surface area contributed by atoms with Gasteiger partial charge in [-0.05, 0) is 30.3 Å². The minimum atomic E-state index is -2.06. The number of rotatable bonds is 3. The third kappa shape index (κ3) is 2.28. The predicted molar refractivity (Wildman–Crippen MR) is 79.3 cm³/mol. The molecule has 0 aliphatic carbocycles. The van der Waals surface area contributed by atoms with E-state index in [4.69, 9.17) is 11.6 Å². The topological polar surface area (TPSA) is 66.4 Å². The number of anilines is 1. The summed E-state index contributed by atoms with van der Waals surface area (Å²) < 4.78 is 13.7. The van der Waals surface area contributed by atoms with Crippen LogP contribution in [0.1, 0.15) is 22.3 Å². The molecular weight excluding hydrogens is 309 g/mol. The maximum atomic E-state index is 13.7. The second kappa shape index (κ2) is 5.19. The molecule has 1 amide bonds. The Bertz CT molecular complexity index is 793. The number of aliphatic hydroxyl groups is 1. The van der Waals surface area contributed by atoms with Crippen LogP contribution in [0.25, 0.3) is 0 Å². The zero-order valence-electron chi connectivity index (χ0n) is 11.3. The van der Waals surface area contributed by atoms with Crippen LogP contribution in [0.5, 0.6) is 0 Å². The van der Waals surface area contributed by atoms with Crippen molar-refractivity contribution in [1.82, 2.24) is 0 Å². The molecule has 112 valence electrons. The highest BCUT2D eigenvalue weighted by Crippen LogP contribution is 2.40. The number of amides is 1. The third-order valence-electron chi connectivity index (χ3n) is 3.64. The minimum Gasteiger partial charge on any atom is -0.375 e. The Morgan fingerprint density at radius 2 is 2.00 bits per heavy atom. The molecule has 1 atom stereocenters. The summed E-state index contributed by atoms with van der Waals surface area (Å²) in [4.78, 5) is 24.3. The van der Waals surface area contributed by atoms with Gasteiger partial charge >= 0.3 is 0 Å². The molecule has 22 heavy (non-hydrogen) atoms. The lowest BCUT2D eigenvalue weighted by atomic mass is 9.88. The Kier molecular flexibility index (Phi) is 3.47. The van der Waals surface area contributed by atoms with Gasteiger partial charge in [-0.3, -0.25) is 9.59 Å². The minimum absolute atomic E-state index is 0.167. The van der Waals surface area contributed by atoms with E-state index in [0.29, 0.717) is 10.7 Å². The second-order valence-electron chi connectivity index (χ2n) is 5.08. The summed E-state index contributed by atoms with van der Waals surface area (Å²) in [6.45, 7) is 0. The molecule has 1 aliphatic rings. The first-order valence-corrected chi connectivity index (χ1v) is 6.91. The number of benzene rings is 2. The summed E-state index contributed by atoms with van der Waals surface area (Å²) >= 11 is 5.88. The summed E-state index contributed by atoms with van der Waals surface area (Å²) in [6.07, 6.45) is -0.562. The van der Waals surface area contributed by atoms with Gasteiger partial charge in [-0.1, -0.05) is 23.7 Å². The summed E-state index contributed by atoms with van der Waals surface area (Å²) in [5.41, 5.74) is -1.62. The first-order valence-electron chi connectivity index (χ1n) is 6.53. The highest BCUT2D eigenvalue weighted by atomic mass is 35.5. The largest absolute Gasteiger partial charge is 0.375 e. The molecule has 4 nitrogen and oxygen atoms in total. The van der Waals surface area contributed by atoms with Crippen molar-refractivity contribution in [3.05, 3.63) is 64.4 Å². The van der Waals surface area contributed by atoms with Crippen LogP contribution in [0, 0.1) is 5.82 Å². The Morgan fingerprint density at radius 3 is 2.73 bits per heavy atom. The zero-order valence-corrected chi connectivity index (χ0v) is 12.0. The summed E-state index contributed by atoms with van der Waals surface area (Å²) in [5.74, 6) is -2.08. The van der Waals surface area contributed by atoms with Crippen LogP contribution in [0.3, 0.4) is 0 Å². The fraction of sp³-hybridized carbons (Fsp3) is 0.125. The number of carbonyl (C=O) groups is 2. The highest BCUT2D eigenvalue weighted by molar-refractivity contribution is 6.31. The molecule has 2 aromatic rings. The monoisotopic (exact) mass is 319 g/mol. The Labute approximate surface area is 130 Å². The van der Waals surface area contributed by atoms with Crippen molar-refractivity contribution in [2.24, 2.45) is 0 Å². The first-order chi connectivity index (χ1) is 10.4. The van der Waals surface area contributed by atoms with E-state index in [-0.39, 0.29) is 11.1 Å². The van der Waals surface area contributed by atoms with Crippen molar-refractivity contribution in [2.45, 2.75) is 12.0 Å². The van der Waals surface area contributed by atoms with Crippen LogP contribution >= 0.6 is 11.6 Å². The van der Waals surface area contributed by atoms with E-state index in [1.807, 2.05) is 0 Å². The fourth-order valence-corrected chi connectivity index (χ4v) is 2.68. The van der Waals surface area contributed by atoms with Gasteiger partial charge in [-0.15, -0.1) is 0 Å². The quantitative estimate of drug-likeness (QED) is 0.855. The van der Waals surface area contributed by atoms with Gasteiger partial charge in [0.05, 0.1) is 12.0 Å². The van der Waals surface area contributed by atoms with Gasteiger partial charge in [0, 0.05) is 16.3 Å². The Balaban J connectivity index is 1.98. The van der Waals surface area contributed by atoms with Crippen molar-refractivity contribution in [1.29, 1.82) is 0 Å². The lowest BCUT2D eigenvalue weighted by Gasteiger charge is -2.20. The third-order valence-corrected chi connectivity index (χ3v) is 3.88. The maximum absolute atomic E-state index is 13.7. The molecule has 0 saturated carbocycles. The van der Waals surface area contributed by atoms with Gasteiger partial charge < -0.3 is 10.4 Å². The molecular formula is C16H11ClFNO3. The first kappa shape index (κ1) is 14.7. The number of Topliss-reactive ketones (excluding diaryl/α,β-unsaturated/α-hetero) is 1. The molecule has 1 heterocycles. The van der Waals surface area contributed by atoms with Crippen molar-refractivity contribution in [3.8, 4) is 0 Å². The lowest BCUT2D eigenvalue weighted by molar-refractivity contribution is -0.133. The Hall–Kier alpha value is -2.24. The van der Waals surface area contributed by atoms with Crippen LogP contribution in [0.15, 0.2) is 42.5 Å². The summed E-state index contributed by atoms with van der Waals surface area (Å²) in [7, 11) is 0. The zero-order chi connectivity index (χ0) is 15.9. The standard InChI is InChI=1S/C16H11ClFNO3/c17-9-5-6-13-11(7-9)16(22,15(21)19-13)8-14(20)10-3-1-2-4-12(10)18/h1-7,22H,8H2,(H,19,21)/t16-/m0/s1. The van der Waals surface area contributed by atoms with Gasteiger partial charge in [-0.2, -0.15) is 0 Å². The van der Waals surface area contributed by atoms with Crippen molar-refractivity contribution in [2.75, 3.05) is 5.32 Å². The van der Waals surface area contributed by atoms with Crippen LogP contribution < -0.4 is 5.32 Å². The van der Waals surface area contributed by atoms with Gasteiger partial charge in [0.2, 0.25) is 0 Å². The van der Waals surface area contributed by atoms with E-state index in [1.54, 1.807) is 12.1 Å². The SMILES string of the molecule is O=C(C[C@@]1(O)C(=O)Nc2ccc(Cl)cc21)c1ccccc1F. The van der Waals surface area contributed by atoms with E-state index in [0.717, 1.165) is 6.07 Å².